The van der Waals surface area contributed by atoms with E-state index in [0.29, 0.717) is 11.1 Å². The highest BCUT2D eigenvalue weighted by atomic mass is 16.2. The quantitative estimate of drug-likeness (QED) is 0.559. The van der Waals surface area contributed by atoms with E-state index < -0.39 is 0 Å². The normalized spacial score (nSPS) is 12.4. The molecule has 1 aromatic carbocycles. The first-order chi connectivity index (χ1) is 7.33. The molecule has 0 N–H and O–H groups in total. The molecule has 3 rings (SSSR count). The molecule has 0 unspecified atom stereocenters. The number of carbonyl (C=O) groups excluding carboxylic acids is 2. The summed E-state index contributed by atoms with van der Waals surface area (Å²) in [6.07, 6.45) is 2.50. The van der Waals surface area contributed by atoms with Crippen LogP contribution in [0.15, 0.2) is 36.5 Å². The monoisotopic (exact) mass is 197 g/mol. The van der Waals surface area contributed by atoms with Gasteiger partial charge in [0.2, 0.25) is 0 Å². The van der Waals surface area contributed by atoms with E-state index in [1.165, 1.54) is 0 Å². The molecule has 0 amide bonds. The lowest BCUT2D eigenvalue weighted by Crippen LogP contribution is -2.03. The summed E-state index contributed by atoms with van der Waals surface area (Å²) in [6.45, 7) is 0. The van der Waals surface area contributed by atoms with Crippen LogP contribution in [0.2, 0.25) is 0 Å². The summed E-state index contributed by atoms with van der Waals surface area (Å²) in [7, 11) is 0. The van der Waals surface area contributed by atoms with Crippen molar-refractivity contribution in [1.29, 1.82) is 0 Å². The van der Waals surface area contributed by atoms with E-state index in [4.69, 9.17) is 0 Å². The Balaban J connectivity index is 2.44. The van der Waals surface area contributed by atoms with Crippen LogP contribution in [0.5, 0.6) is 0 Å². The minimum absolute atomic E-state index is 0.0614. The summed E-state index contributed by atoms with van der Waals surface area (Å²) >= 11 is 0. The van der Waals surface area contributed by atoms with Gasteiger partial charge in [0, 0.05) is 17.3 Å². The topological polar surface area (TPSA) is 39.1 Å². The average molecular weight is 197 g/mol. The van der Waals surface area contributed by atoms with E-state index in [1.54, 1.807) is 35.0 Å². The summed E-state index contributed by atoms with van der Waals surface area (Å²) in [4.78, 5) is 22.7. The molecule has 0 fully saturated rings. The number of fused-ring (bicyclic) bond motifs is 3. The maximum Gasteiger partial charge on any atom is 0.263 e. The van der Waals surface area contributed by atoms with Crippen LogP contribution in [0, 0.1) is 0 Å². The lowest BCUT2D eigenvalue weighted by molar-refractivity contribution is 0.0969. The Hall–Kier alpha value is -2.16. The zero-order chi connectivity index (χ0) is 10.4. The van der Waals surface area contributed by atoms with Crippen LogP contribution in [-0.2, 0) is 0 Å². The molecule has 3 heteroatoms. The lowest BCUT2D eigenvalue weighted by Gasteiger charge is -1.99. The van der Waals surface area contributed by atoms with Crippen LogP contribution in [0.1, 0.15) is 20.7 Å². The molecule has 3 nitrogen and oxygen atoms in total. The number of nitrogens with zero attached hydrogens (tertiary/aromatic N) is 1. The summed E-state index contributed by atoms with van der Waals surface area (Å²) in [5.74, 6) is -0.0614. The fourth-order valence-corrected chi connectivity index (χ4v) is 2.02. The van der Waals surface area contributed by atoms with Gasteiger partial charge in [-0.15, -0.1) is 0 Å². The smallest absolute Gasteiger partial charge is 0.263 e. The van der Waals surface area contributed by atoms with Gasteiger partial charge in [0.15, 0.2) is 6.29 Å². The van der Waals surface area contributed by atoms with Crippen molar-refractivity contribution in [3.05, 3.63) is 47.7 Å². The van der Waals surface area contributed by atoms with Crippen LogP contribution < -0.4 is 0 Å². The van der Waals surface area contributed by atoms with Gasteiger partial charge >= 0.3 is 0 Å². The molecule has 0 radical (unpaired) electrons. The third-order valence-corrected chi connectivity index (χ3v) is 2.68. The van der Waals surface area contributed by atoms with Gasteiger partial charge in [-0.1, -0.05) is 12.1 Å². The SMILES string of the molecule is O=Cc1cccc2c1-c1cccn1C2=O. The first kappa shape index (κ1) is 8.17. The predicted octanol–water partition coefficient (Wildman–Crippen LogP) is 1.97. The predicted molar refractivity (Wildman–Crippen MR) is 55.0 cm³/mol. The molecule has 2 heterocycles. The van der Waals surface area contributed by atoms with Crippen molar-refractivity contribution >= 4 is 12.2 Å². The van der Waals surface area contributed by atoms with Crippen LogP contribution in [0.3, 0.4) is 0 Å². The zero-order valence-electron chi connectivity index (χ0n) is 7.81. The molecule has 0 bridgehead atoms. The first-order valence-corrected chi connectivity index (χ1v) is 4.63. The lowest BCUT2D eigenvalue weighted by atomic mass is 10.0. The molecule has 0 aliphatic carbocycles. The average Bonchev–Trinajstić information content (AvgIpc) is 2.83. The van der Waals surface area contributed by atoms with Crippen molar-refractivity contribution in [1.82, 2.24) is 4.57 Å². The summed E-state index contributed by atoms with van der Waals surface area (Å²) < 4.78 is 1.57. The minimum atomic E-state index is -0.0614. The summed E-state index contributed by atoms with van der Waals surface area (Å²) in [6, 6.07) is 8.85. The van der Waals surface area contributed by atoms with Crippen molar-refractivity contribution in [2.45, 2.75) is 0 Å². The van der Waals surface area contributed by atoms with Crippen molar-refractivity contribution < 1.29 is 9.59 Å². The Kier molecular flexibility index (Phi) is 1.45. The second kappa shape index (κ2) is 2.67. The van der Waals surface area contributed by atoms with Gasteiger partial charge in [0.25, 0.3) is 5.91 Å². The van der Waals surface area contributed by atoms with Gasteiger partial charge in [-0.25, -0.2) is 0 Å². The molecule has 15 heavy (non-hydrogen) atoms. The van der Waals surface area contributed by atoms with E-state index in [2.05, 4.69) is 0 Å². The third-order valence-electron chi connectivity index (χ3n) is 2.68. The molecule has 1 aliphatic rings. The van der Waals surface area contributed by atoms with Crippen molar-refractivity contribution in [3.63, 3.8) is 0 Å². The Bertz CT molecular complexity index is 581. The maximum atomic E-state index is 11.9. The molecule has 1 aliphatic heterocycles. The van der Waals surface area contributed by atoms with Gasteiger partial charge in [0.1, 0.15) is 0 Å². The van der Waals surface area contributed by atoms with E-state index in [0.717, 1.165) is 17.5 Å². The van der Waals surface area contributed by atoms with E-state index >= 15 is 0 Å². The van der Waals surface area contributed by atoms with Gasteiger partial charge in [0.05, 0.1) is 11.3 Å². The Morgan fingerprint density at radius 3 is 2.80 bits per heavy atom. The summed E-state index contributed by atoms with van der Waals surface area (Å²) in [5.41, 5.74) is 2.73. The van der Waals surface area contributed by atoms with Gasteiger partial charge in [-0.05, 0) is 18.2 Å². The maximum absolute atomic E-state index is 11.9. The number of rotatable bonds is 1. The van der Waals surface area contributed by atoms with Crippen LogP contribution in [0.4, 0.5) is 0 Å². The van der Waals surface area contributed by atoms with Crippen molar-refractivity contribution in [2.24, 2.45) is 0 Å². The number of aromatic nitrogens is 1. The fourth-order valence-electron chi connectivity index (χ4n) is 2.02. The Labute approximate surface area is 86.0 Å². The van der Waals surface area contributed by atoms with Crippen LogP contribution in [0.25, 0.3) is 11.3 Å². The highest BCUT2D eigenvalue weighted by Gasteiger charge is 2.27. The molecule has 1 aromatic heterocycles. The highest BCUT2D eigenvalue weighted by molar-refractivity contribution is 6.12. The molecule has 0 saturated heterocycles. The Morgan fingerprint density at radius 2 is 2.00 bits per heavy atom. The standard InChI is InChI=1S/C12H7NO2/c14-7-8-3-1-4-9-11(8)10-5-2-6-13(10)12(9)15/h1-7H. The molecule has 0 atom stereocenters. The van der Waals surface area contributed by atoms with Crippen molar-refractivity contribution in [2.75, 3.05) is 0 Å². The van der Waals surface area contributed by atoms with E-state index in [-0.39, 0.29) is 5.91 Å². The number of carbonyl (C=O) groups is 2. The molecular weight excluding hydrogens is 190 g/mol. The first-order valence-electron chi connectivity index (χ1n) is 4.63. The van der Waals surface area contributed by atoms with Gasteiger partial charge < -0.3 is 0 Å². The summed E-state index contributed by atoms with van der Waals surface area (Å²) in [5, 5.41) is 0. The molecule has 72 valence electrons. The number of aldehydes is 1. The second-order valence-corrected chi connectivity index (χ2v) is 3.46. The molecular formula is C12H7NO2. The van der Waals surface area contributed by atoms with Gasteiger partial charge in [-0.2, -0.15) is 0 Å². The number of hydrogen-bond donors (Lipinski definition) is 0. The van der Waals surface area contributed by atoms with Crippen molar-refractivity contribution in [3.8, 4) is 11.3 Å². The molecule has 2 aromatic rings. The second-order valence-electron chi connectivity index (χ2n) is 3.46. The fraction of sp³-hybridized carbons (Fsp3) is 0. The zero-order valence-corrected chi connectivity index (χ0v) is 7.81. The number of benzene rings is 1. The van der Waals surface area contributed by atoms with Crippen LogP contribution >= 0.6 is 0 Å². The molecule has 0 saturated carbocycles. The molecule has 0 spiro atoms. The van der Waals surface area contributed by atoms with Gasteiger partial charge in [-0.3, -0.25) is 14.2 Å². The largest absolute Gasteiger partial charge is 0.298 e. The minimum Gasteiger partial charge on any atom is -0.298 e. The Morgan fingerprint density at radius 1 is 1.13 bits per heavy atom. The van der Waals surface area contributed by atoms with E-state index in [1.807, 2.05) is 6.07 Å². The van der Waals surface area contributed by atoms with Crippen LogP contribution in [-0.4, -0.2) is 16.8 Å². The highest BCUT2D eigenvalue weighted by Crippen LogP contribution is 2.34. The number of hydrogen-bond acceptors (Lipinski definition) is 2. The van der Waals surface area contributed by atoms with E-state index in [9.17, 15) is 9.59 Å². The third kappa shape index (κ3) is 0.892.